The van der Waals surface area contributed by atoms with E-state index in [2.05, 4.69) is 194 Å². The van der Waals surface area contributed by atoms with Crippen molar-refractivity contribution in [3.8, 4) is 11.1 Å². The third-order valence-electron chi connectivity index (χ3n) is 8.41. The first-order valence-corrected chi connectivity index (χ1v) is 15.6. The summed E-state index contributed by atoms with van der Waals surface area (Å²) in [4.78, 5) is 4.63. The molecule has 0 heterocycles. The molecule has 0 fully saturated rings. The molecule has 0 aliphatic rings. The van der Waals surface area contributed by atoms with Gasteiger partial charge in [0, 0.05) is 34.1 Å². The van der Waals surface area contributed by atoms with Crippen LogP contribution in [0.3, 0.4) is 0 Å². The van der Waals surface area contributed by atoms with E-state index in [0.717, 1.165) is 34.1 Å². The molecular weight excluding hydrogens is 532 g/mol. The SMILES string of the molecule is CCCC(C)(C)c1ccc(N(c2ccccc2)c2ccc(-c3ccc(N(c4ccccc4)c4ccccc4)cc3)cc2)cc1. The fourth-order valence-corrected chi connectivity index (χ4v) is 6.06. The minimum Gasteiger partial charge on any atom is -0.311 e. The second-order valence-corrected chi connectivity index (χ2v) is 12.0. The van der Waals surface area contributed by atoms with Crippen LogP contribution in [0.4, 0.5) is 34.1 Å². The highest BCUT2D eigenvalue weighted by Crippen LogP contribution is 2.39. The number of hydrogen-bond acceptors (Lipinski definition) is 2. The average molecular weight is 573 g/mol. The summed E-state index contributed by atoms with van der Waals surface area (Å²) in [5.74, 6) is 0. The molecule has 0 aliphatic heterocycles. The third kappa shape index (κ3) is 6.31. The molecule has 2 nitrogen and oxygen atoms in total. The van der Waals surface area contributed by atoms with Gasteiger partial charge in [0.1, 0.15) is 0 Å². The maximum absolute atomic E-state index is 2.34. The molecule has 44 heavy (non-hydrogen) atoms. The molecule has 0 spiro atoms. The summed E-state index contributed by atoms with van der Waals surface area (Å²) < 4.78 is 0. The van der Waals surface area contributed by atoms with Gasteiger partial charge in [-0.05, 0) is 101 Å². The first-order chi connectivity index (χ1) is 21.5. The van der Waals surface area contributed by atoms with E-state index in [4.69, 9.17) is 0 Å². The third-order valence-corrected chi connectivity index (χ3v) is 8.41. The fraction of sp³-hybridized carbons (Fsp3) is 0.143. The average Bonchev–Trinajstić information content (AvgIpc) is 3.07. The fourth-order valence-electron chi connectivity index (χ4n) is 6.06. The van der Waals surface area contributed by atoms with Crippen LogP contribution in [0.15, 0.2) is 164 Å². The molecule has 0 saturated carbocycles. The summed E-state index contributed by atoms with van der Waals surface area (Å²) in [5.41, 5.74) is 10.8. The number of para-hydroxylation sites is 3. The van der Waals surface area contributed by atoms with Gasteiger partial charge in [-0.15, -0.1) is 0 Å². The number of nitrogens with zero attached hydrogens (tertiary/aromatic N) is 2. The van der Waals surface area contributed by atoms with Gasteiger partial charge in [-0.2, -0.15) is 0 Å². The summed E-state index contributed by atoms with van der Waals surface area (Å²) >= 11 is 0. The van der Waals surface area contributed by atoms with Gasteiger partial charge in [-0.25, -0.2) is 0 Å². The van der Waals surface area contributed by atoms with Crippen LogP contribution in [0.1, 0.15) is 39.2 Å². The molecule has 6 aromatic carbocycles. The summed E-state index contributed by atoms with van der Waals surface area (Å²) in [5, 5.41) is 0. The Kier molecular flexibility index (Phi) is 8.61. The van der Waals surface area contributed by atoms with Gasteiger partial charge >= 0.3 is 0 Å². The smallest absolute Gasteiger partial charge is 0.0462 e. The topological polar surface area (TPSA) is 6.48 Å². The van der Waals surface area contributed by atoms with E-state index in [0.29, 0.717) is 0 Å². The van der Waals surface area contributed by atoms with E-state index in [1.54, 1.807) is 0 Å². The van der Waals surface area contributed by atoms with Crippen LogP contribution in [0.5, 0.6) is 0 Å². The molecule has 0 amide bonds. The monoisotopic (exact) mass is 572 g/mol. The van der Waals surface area contributed by atoms with Gasteiger partial charge in [-0.3, -0.25) is 0 Å². The van der Waals surface area contributed by atoms with E-state index in [1.807, 2.05) is 0 Å². The van der Waals surface area contributed by atoms with Crippen molar-refractivity contribution in [2.24, 2.45) is 0 Å². The van der Waals surface area contributed by atoms with Crippen molar-refractivity contribution in [2.75, 3.05) is 9.80 Å². The quantitative estimate of drug-likeness (QED) is 0.161. The lowest BCUT2D eigenvalue weighted by atomic mass is 9.81. The normalized spacial score (nSPS) is 11.2. The lowest BCUT2D eigenvalue weighted by Gasteiger charge is -2.28. The Morgan fingerprint density at radius 1 is 0.386 bits per heavy atom. The van der Waals surface area contributed by atoms with E-state index < -0.39 is 0 Å². The van der Waals surface area contributed by atoms with Crippen LogP contribution in [-0.4, -0.2) is 0 Å². The Labute approximate surface area is 262 Å². The molecule has 218 valence electrons. The molecule has 0 saturated heterocycles. The molecule has 0 aliphatic carbocycles. The Morgan fingerprint density at radius 3 is 1.00 bits per heavy atom. The van der Waals surface area contributed by atoms with Crippen molar-refractivity contribution in [2.45, 2.75) is 39.0 Å². The minimum absolute atomic E-state index is 0.168. The van der Waals surface area contributed by atoms with Gasteiger partial charge in [0.2, 0.25) is 0 Å². The largest absolute Gasteiger partial charge is 0.311 e. The maximum atomic E-state index is 2.34. The molecule has 6 rings (SSSR count). The Morgan fingerprint density at radius 2 is 0.682 bits per heavy atom. The molecule has 0 bridgehead atoms. The molecule has 0 aromatic heterocycles. The lowest BCUT2D eigenvalue weighted by molar-refractivity contribution is 0.473. The molecule has 6 aromatic rings. The predicted octanol–water partition coefficient (Wildman–Crippen LogP) is 12.4. The molecule has 0 radical (unpaired) electrons. The molecule has 0 unspecified atom stereocenters. The zero-order valence-electron chi connectivity index (χ0n) is 25.9. The second-order valence-electron chi connectivity index (χ2n) is 12.0. The van der Waals surface area contributed by atoms with Crippen LogP contribution in [-0.2, 0) is 5.41 Å². The van der Waals surface area contributed by atoms with Gasteiger partial charge in [0.15, 0.2) is 0 Å². The molecular formula is C42H40N2. The zero-order chi connectivity index (χ0) is 30.4. The van der Waals surface area contributed by atoms with Crippen LogP contribution in [0.2, 0.25) is 0 Å². The summed E-state index contributed by atoms with van der Waals surface area (Å²) in [6, 6.07) is 58.6. The number of anilines is 6. The van der Waals surface area contributed by atoms with Gasteiger partial charge in [-0.1, -0.05) is 118 Å². The first-order valence-electron chi connectivity index (χ1n) is 15.6. The Balaban J connectivity index is 1.29. The van der Waals surface area contributed by atoms with Crippen LogP contribution in [0.25, 0.3) is 11.1 Å². The van der Waals surface area contributed by atoms with Gasteiger partial charge in [0.05, 0.1) is 0 Å². The van der Waals surface area contributed by atoms with E-state index in [9.17, 15) is 0 Å². The van der Waals surface area contributed by atoms with Gasteiger partial charge < -0.3 is 9.80 Å². The summed E-state index contributed by atoms with van der Waals surface area (Å²) in [6.45, 7) is 6.94. The molecule has 0 N–H and O–H groups in total. The van der Waals surface area contributed by atoms with Crippen molar-refractivity contribution < 1.29 is 0 Å². The van der Waals surface area contributed by atoms with Crippen molar-refractivity contribution in [1.29, 1.82) is 0 Å². The maximum Gasteiger partial charge on any atom is 0.0462 e. The number of hydrogen-bond donors (Lipinski definition) is 0. The number of benzene rings is 6. The minimum atomic E-state index is 0.168. The van der Waals surface area contributed by atoms with Crippen molar-refractivity contribution in [3.05, 3.63) is 169 Å². The van der Waals surface area contributed by atoms with E-state index >= 15 is 0 Å². The van der Waals surface area contributed by atoms with E-state index in [1.165, 1.54) is 29.5 Å². The van der Waals surface area contributed by atoms with Crippen LogP contribution >= 0.6 is 0 Å². The molecule has 0 atom stereocenters. The first kappa shape index (κ1) is 29.0. The predicted molar refractivity (Wildman–Crippen MR) is 189 cm³/mol. The summed E-state index contributed by atoms with van der Waals surface area (Å²) in [7, 11) is 0. The Hall–Kier alpha value is -5.08. The highest BCUT2D eigenvalue weighted by Gasteiger charge is 2.20. The van der Waals surface area contributed by atoms with Crippen molar-refractivity contribution >= 4 is 34.1 Å². The van der Waals surface area contributed by atoms with Crippen LogP contribution in [0, 0.1) is 0 Å². The standard InChI is InChI=1S/C42H40N2/c1-4-32-42(2,3)35-24-30-41(31-25-35)44(38-18-12-7-13-19-38)40-28-22-34(23-29-40)33-20-26-39(27-21-33)43(36-14-8-5-9-15-36)37-16-10-6-11-17-37/h5-31H,4,32H2,1-3H3. The number of rotatable bonds is 10. The highest BCUT2D eigenvalue weighted by molar-refractivity contribution is 5.80. The zero-order valence-corrected chi connectivity index (χ0v) is 25.9. The van der Waals surface area contributed by atoms with E-state index in [-0.39, 0.29) is 5.41 Å². The van der Waals surface area contributed by atoms with Crippen molar-refractivity contribution in [1.82, 2.24) is 0 Å². The van der Waals surface area contributed by atoms with Gasteiger partial charge in [0.25, 0.3) is 0 Å². The van der Waals surface area contributed by atoms with Crippen molar-refractivity contribution in [3.63, 3.8) is 0 Å². The molecule has 2 heteroatoms. The van der Waals surface area contributed by atoms with Crippen LogP contribution < -0.4 is 9.80 Å². The second kappa shape index (κ2) is 13.1. The highest BCUT2D eigenvalue weighted by atomic mass is 15.1. The lowest BCUT2D eigenvalue weighted by Crippen LogP contribution is -2.17. The summed E-state index contributed by atoms with van der Waals surface area (Å²) in [6.07, 6.45) is 2.35. The Bertz CT molecular complexity index is 1700.